The average molecular weight is 171 g/mol. The second-order valence-electron chi connectivity index (χ2n) is 2.77. The van der Waals surface area contributed by atoms with Crippen LogP contribution < -0.4 is 0 Å². The Kier molecular flexibility index (Phi) is 5.34. The molecule has 3 heteroatoms. The minimum absolute atomic E-state index is 0.0789. The molecule has 0 heterocycles. The van der Waals surface area contributed by atoms with Crippen molar-refractivity contribution in [2.45, 2.75) is 33.6 Å². The van der Waals surface area contributed by atoms with Crippen molar-refractivity contribution in [1.29, 1.82) is 0 Å². The van der Waals surface area contributed by atoms with Gasteiger partial charge in [-0.3, -0.25) is 4.79 Å². The molecule has 0 radical (unpaired) electrons. The van der Waals surface area contributed by atoms with E-state index in [0.717, 1.165) is 13.1 Å². The van der Waals surface area contributed by atoms with Crippen molar-refractivity contribution >= 4 is 11.7 Å². The third-order valence-electron chi connectivity index (χ3n) is 1.81. The lowest BCUT2D eigenvalue weighted by molar-refractivity contribution is -0.132. The van der Waals surface area contributed by atoms with Crippen LogP contribution in [0.5, 0.6) is 0 Å². The fourth-order valence-corrected chi connectivity index (χ4v) is 1.02. The molecule has 0 aromatic heterocycles. The summed E-state index contributed by atoms with van der Waals surface area (Å²) in [7, 11) is 0. The van der Waals surface area contributed by atoms with Gasteiger partial charge in [-0.25, -0.2) is 0 Å². The largest absolute Gasteiger partial charge is 0.343 e. The lowest BCUT2D eigenvalue weighted by atomic mass is 10.2. The number of amides is 1. The van der Waals surface area contributed by atoms with E-state index in [1.807, 2.05) is 13.8 Å². The van der Waals surface area contributed by atoms with Crippen LogP contribution in [0.15, 0.2) is 0 Å². The Hall–Kier alpha value is -0.860. The van der Waals surface area contributed by atoms with E-state index in [1.54, 1.807) is 4.90 Å². The van der Waals surface area contributed by atoms with Crippen molar-refractivity contribution in [3.8, 4) is 0 Å². The summed E-state index contributed by atoms with van der Waals surface area (Å²) in [6.45, 7) is 6.85. The zero-order valence-corrected chi connectivity index (χ0v) is 8.09. The third-order valence-corrected chi connectivity index (χ3v) is 1.81. The van der Waals surface area contributed by atoms with Crippen LogP contribution in [0.4, 0.5) is 0 Å². The monoisotopic (exact) mass is 171 g/mol. The molecule has 70 valence electrons. The molecule has 0 aliphatic carbocycles. The number of hydrogen-bond donors (Lipinski definition) is 0. The molecule has 12 heavy (non-hydrogen) atoms. The van der Waals surface area contributed by atoms with E-state index in [4.69, 9.17) is 0 Å². The number of rotatable bonds is 5. The Morgan fingerprint density at radius 2 is 1.58 bits per heavy atom. The first kappa shape index (κ1) is 11.1. The van der Waals surface area contributed by atoms with E-state index in [-0.39, 0.29) is 11.7 Å². The van der Waals surface area contributed by atoms with Gasteiger partial charge in [0.05, 0.1) is 0 Å². The number of nitrogens with zero attached hydrogens (tertiary/aromatic N) is 1. The summed E-state index contributed by atoms with van der Waals surface area (Å²) in [4.78, 5) is 23.6. The zero-order valence-electron chi connectivity index (χ0n) is 8.09. The quantitative estimate of drug-likeness (QED) is 0.623. The second kappa shape index (κ2) is 5.75. The van der Waals surface area contributed by atoms with Gasteiger partial charge in [-0.2, -0.15) is 0 Å². The lowest BCUT2D eigenvalue weighted by Gasteiger charge is -2.17. The van der Waals surface area contributed by atoms with E-state index in [2.05, 4.69) is 0 Å². The molecule has 0 atom stereocenters. The smallest absolute Gasteiger partial charge is 0.222 e. The van der Waals surface area contributed by atoms with Crippen LogP contribution in [-0.4, -0.2) is 29.7 Å². The van der Waals surface area contributed by atoms with Crippen LogP contribution in [0.1, 0.15) is 33.6 Å². The summed E-state index contributed by atoms with van der Waals surface area (Å²) in [6, 6.07) is 0. The molecule has 1 amide bonds. The van der Waals surface area contributed by atoms with Gasteiger partial charge in [0.15, 0.2) is 0 Å². The SMILES string of the molecule is CCN(CC)C(=O)CCC(C)=O. The van der Waals surface area contributed by atoms with Gasteiger partial charge in [0, 0.05) is 25.9 Å². The van der Waals surface area contributed by atoms with Gasteiger partial charge >= 0.3 is 0 Å². The minimum atomic E-state index is 0.0789. The van der Waals surface area contributed by atoms with Gasteiger partial charge in [0.2, 0.25) is 5.91 Å². The van der Waals surface area contributed by atoms with Crippen LogP contribution in [0.2, 0.25) is 0 Å². The Morgan fingerprint density at radius 3 is 1.92 bits per heavy atom. The molecule has 0 aromatic carbocycles. The molecule has 0 fully saturated rings. The first-order valence-electron chi connectivity index (χ1n) is 4.39. The zero-order chi connectivity index (χ0) is 9.56. The minimum Gasteiger partial charge on any atom is -0.343 e. The summed E-state index contributed by atoms with van der Waals surface area (Å²) in [5.41, 5.74) is 0. The van der Waals surface area contributed by atoms with E-state index >= 15 is 0 Å². The van der Waals surface area contributed by atoms with Crippen LogP contribution >= 0.6 is 0 Å². The van der Waals surface area contributed by atoms with Crippen molar-refractivity contribution in [1.82, 2.24) is 4.90 Å². The predicted octanol–water partition coefficient (Wildman–Crippen LogP) is 1.22. The Labute approximate surface area is 73.7 Å². The molecule has 0 rings (SSSR count). The van der Waals surface area contributed by atoms with Crippen LogP contribution in [0.3, 0.4) is 0 Å². The predicted molar refractivity (Wildman–Crippen MR) is 47.8 cm³/mol. The summed E-state index contributed by atoms with van der Waals surface area (Å²) >= 11 is 0. The maximum atomic E-state index is 11.3. The van der Waals surface area contributed by atoms with Crippen molar-refractivity contribution in [2.75, 3.05) is 13.1 Å². The molecule has 3 nitrogen and oxygen atoms in total. The van der Waals surface area contributed by atoms with Crippen molar-refractivity contribution in [2.24, 2.45) is 0 Å². The lowest BCUT2D eigenvalue weighted by Crippen LogP contribution is -2.30. The highest BCUT2D eigenvalue weighted by Crippen LogP contribution is 1.97. The number of carbonyl (C=O) groups excluding carboxylic acids is 2. The normalized spacial score (nSPS) is 9.58. The van der Waals surface area contributed by atoms with Crippen LogP contribution in [0, 0.1) is 0 Å². The van der Waals surface area contributed by atoms with Crippen LogP contribution in [-0.2, 0) is 9.59 Å². The van der Waals surface area contributed by atoms with Gasteiger partial charge in [-0.15, -0.1) is 0 Å². The number of hydrogen-bond acceptors (Lipinski definition) is 2. The number of Topliss-reactive ketones (excluding diaryl/α,β-unsaturated/α-hetero) is 1. The van der Waals surface area contributed by atoms with E-state index < -0.39 is 0 Å². The first-order chi connectivity index (χ1) is 5.61. The van der Waals surface area contributed by atoms with Crippen molar-refractivity contribution in [3.63, 3.8) is 0 Å². The second-order valence-corrected chi connectivity index (χ2v) is 2.77. The molecular weight excluding hydrogens is 154 g/mol. The van der Waals surface area contributed by atoms with Crippen LogP contribution in [0.25, 0.3) is 0 Å². The third kappa shape index (κ3) is 4.11. The maximum absolute atomic E-state index is 11.3. The van der Waals surface area contributed by atoms with Gasteiger partial charge in [0.1, 0.15) is 5.78 Å². The molecular formula is C9H17NO2. The van der Waals surface area contributed by atoms with Gasteiger partial charge < -0.3 is 9.69 Å². The Balaban J connectivity index is 3.77. The number of ketones is 1. The molecule has 0 aliphatic heterocycles. The molecule has 0 N–H and O–H groups in total. The highest BCUT2D eigenvalue weighted by Gasteiger charge is 2.09. The summed E-state index contributed by atoms with van der Waals surface area (Å²) < 4.78 is 0. The molecule has 0 saturated carbocycles. The molecule has 0 bridgehead atoms. The van der Waals surface area contributed by atoms with E-state index in [9.17, 15) is 9.59 Å². The molecule has 0 aromatic rings. The van der Waals surface area contributed by atoms with Gasteiger partial charge in [0.25, 0.3) is 0 Å². The topological polar surface area (TPSA) is 37.4 Å². The van der Waals surface area contributed by atoms with Gasteiger partial charge in [-0.05, 0) is 20.8 Å². The fourth-order valence-electron chi connectivity index (χ4n) is 1.02. The fraction of sp³-hybridized carbons (Fsp3) is 0.778. The molecule has 0 unspecified atom stereocenters. The highest BCUT2D eigenvalue weighted by molar-refractivity contribution is 5.83. The molecule has 0 saturated heterocycles. The molecule has 0 aliphatic rings. The molecule has 0 spiro atoms. The average Bonchev–Trinajstić information content (AvgIpc) is 2.03. The Bertz CT molecular complexity index is 162. The summed E-state index contributed by atoms with van der Waals surface area (Å²) in [5.74, 6) is 0.158. The highest BCUT2D eigenvalue weighted by atomic mass is 16.2. The van der Waals surface area contributed by atoms with Crippen molar-refractivity contribution < 1.29 is 9.59 Å². The van der Waals surface area contributed by atoms with Gasteiger partial charge in [-0.1, -0.05) is 0 Å². The standard InChI is InChI=1S/C9H17NO2/c1-4-10(5-2)9(12)7-6-8(3)11/h4-7H2,1-3H3. The summed E-state index contributed by atoms with van der Waals surface area (Å²) in [5, 5.41) is 0. The summed E-state index contributed by atoms with van der Waals surface area (Å²) in [6.07, 6.45) is 0.729. The van der Waals surface area contributed by atoms with E-state index in [1.165, 1.54) is 6.92 Å². The first-order valence-corrected chi connectivity index (χ1v) is 4.39. The Morgan fingerprint density at radius 1 is 1.08 bits per heavy atom. The van der Waals surface area contributed by atoms with E-state index in [0.29, 0.717) is 12.8 Å². The maximum Gasteiger partial charge on any atom is 0.222 e. The number of carbonyl (C=O) groups is 2. The van der Waals surface area contributed by atoms with Crippen molar-refractivity contribution in [3.05, 3.63) is 0 Å².